The van der Waals surface area contributed by atoms with E-state index in [1.165, 1.54) is 12.1 Å². The Morgan fingerprint density at radius 3 is 2.88 bits per heavy atom. The van der Waals surface area contributed by atoms with Crippen LogP contribution < -0.4 is 5.32 Å². The quantitative estimate of drug-likeness (QED) is 0.858. The molecule has 0 atom stereocenters. The van der Waals surface area contributed by atoms with Crippen molar-refractivity contribution in [1.82, 2.24) is 5.32 Å². The smallest absolute Gasteiger partial charge is 0.151 e. The summed E-state index contributed by atoms with van der Waals surface area (Å²) in [5, 5.41) is 3.46. The van der Waals surface area contributed by atoms with Crippen molar-refractivity contribution in [3.8, 4) is 0 Å². The Morgan fingerprint density at radius 1 is 1.50 bits per heavy atom. The van der Waals surface area contributed by atoms with Crippen molar-refractivity contribution >= 4 is 17.4 Å². The Bertz CT molecular complexity index is 404. The number of nitrogens with one attached hydrogen (secondary N) is 1. The van der Waals surface area contributed by atoms with E-state index in [0.29, 0.717) is 23.2 Å². The van der Waals surface area contributed by atoms with Crippen molar-refractivity contribution in [2.45, 2.75) is 25.3 Å². The number of halogens is 2. The molecule has 1 aromatic rings. The summed E-state index contributed by atoms with van der Waals surface area (Å²) in [5.74, 6) is -0.294. The molecular weight excluding hydrogens is 229 g/mol. The first-order valence-electron chi connectivity index (χ1n) is 5.34. The number of hydrogen-bond donors (Lipinski definition) is 1. The maximum atomic E-state index is 12.8. The SMILES string of the molecule is O=C(CNC1CC1)Cc1ccc(F)cc1Cl. The Morgan fingerprint density at radius 2 is 2.25 bits per heavy atom. The number of ketones is 1. The summed E-state index contributed by atoms with van der Waals surface area (Å²) in [6, 6.07) is 4.64. The third-order valence-electron chi connectivity index (χ3n) is 2.57. The van der Waals surface area contributed by atoms with Gasteiger partial charge in [-0.1, -0.05) is 17.7 Å². The van der Waals surface area contributed by atoms with Crippen LogP contribution in [-0.2, 0) is 11.2 Å². The summed E-state index contributed by atoms with van der Waals surface area (Å²) in [7, 11) is 0. The van der Waals surface area contributed by atoms with Crippen LogP contribution in [0.4, 0.5) is 4.39 Å². The summed E-state index contributed by atoms with van der Waals surface area (Å²) >= 11 is 5.84. The van der Waals surface area contributed by atoms with Crippen molar-refractivity contribution in [3.05, 3.63) is 34.6 Å². The number of rotatable bonds is 5. The van der Waals surface area contributed by atoms with Crippen LogP contribution in [0.2, 0.25) is 5.02 Å². The van der Waals surface area contributed by atoms with Gasteiger partial charge in [-0.2, -0.15) is 0 Å². The van der Waals surface area contributed by atoms with Crippen LogP contribution in [0.5, 0.6) is 0 Å². The zero-order valence-electron chi connectivity index (χ0n) is 8.80. The third kappa shape index (κ3) is 3.29. The molecule has 16 heavy (non-hydrogen) atoms. The zero-order chi connectivity index (χ0) is 11.5. The van der Waals surface area contributed by atoms with Crippen molar-refractivity contribution in [3.63, 3.8) is 0 Å². The van der Waals surface area contributed by atoms with E-state index in [2.05, 4.69) is 5.32 Å². The topological polar surface area (TPSA) is 29.1 Å². The number of carbonyl (C=O) groups excluding carboxylic acids is 1. The standard InChI is InChI=1S/C12H13ClFNO/c13-12-6-9(14)2-1-8(12)5-11(16)7-15-10-3-4-10/h1-2,6,10,15H,3-5,7H2. The molecule has 0 saturated heterocycles. The highest BCUT2D eigenvalue weighted by Crippen LogP contribution is 2.19. The lowest BCUT2D eigenvalue weighted by Gasteiger charge is -2.04. The van der Waals surface area contributed by atoms with Crippen LogP contribution in [0.25, 0.3) is 0 Å². The number of hydrogen-bond acceptors (Lipinski definition) is 2. The summed E-state index contributed by atoms with van der Waals surface area (Å²) in [6.45, 7) is 0.373. The lowest BCUT2D eigenvalue weighted by molar-refractivity contribution is -0.117. The third-order valence-corrected chi connectivity index (χ3v) is 2.92. The monoisotopic (exact) mass is 241 g/mol. The fourth-order valence-corrected chi connectivity index (χ4v) is 1.72. The molecule has 0 aliphatic heterocycles. The normalized spacial score (nSPS) is 15.1. The fourth-order valence-electron chi connectivity index (χ4n) is 1.49. The van der Waals surface area contributed by atoms with Crippen LogP contribution in [0.15, 0.2) is 18.2 Å². The van der Waals surface area contributed by atoms with E-state index in [9.17, 15) is 9.18 Å². The average Bonchev–Trinajstić information content (AvgIpc) is 3.03. The molecule has 86 valence electrons. The Labute approximate surface area is 98.8 Å². The first kappa shape index (κ1) is 11.6. The Kier molecular flexibility index (Phi) is 3.56. The van der Waals surface area contributed by atoms with E-state index in [0.717, 1.165) is 12.8 Å². The van der Waals surface area contributed by atoms with Crippen LogP contribution in [-0.4, -0.2) is 18.4 Å². The maximum absolute atomic E-state index is 12.8. The number of benzene rings is 1. The molecule has 1 aliphatic carbocycles. The van der Waals surface area contributed by atoms with Gasteiger partial charge in [0.2, 0.25) is 0 Å². The largest absolute Gasteiger partial charge is 0.307 e. The fraction of sp³-hybridized carbons (Fsp3) is 0.417. The van der Waals surface area contributed by atoms with E-state index in [4.69, 9.17) is 11.6 Å². The first-order valence-corrected chi connectivity index (χ1v) is 5.72. The molecule has 0 spiro atoms. The highest BCUT2D eigenvalue weighted by Gasteiger charge is 2.21. The second-order valence-corrected chi connectivity index (χ2v) is 4.51. The predicted octanol–water partition coefficient (Wildman–Crippen LogP) is 2.34. The highest BCUT2D eigenvalue weighted by molar-refractivity contribution is 6.31. The van der Waals surface area contributed by atoms with Crippen LogP contribution in [0, 0.1) is 5.82 Å². The molecule has 0 heterocycles. The van der Waals surface area contributed by atoms with Gasteiger partial charge in [-0.3, -0.25) is 4.79 Å². The van der Waals surface area contributed by atoms with Gasteiger partial charge in [0.1, 0.15) is 5.82 Å². The molecule has 2 nitrogen and oxygen atoms in total. The maximum Gasteiger partial charge on any atom is 0.151 e. The second kappa shape index (κ2) is 4.93. The Balaban J connectivity index is 1.89. The number of Topliss-reactive ketones (excluding diaryl/α,β-unsaturated/α-hetero) is 1. The van der Waals surface area contributed by atoms with E-state index < -0.39 is 0 Å². The van der Waals surface area contributed by atoms with Crippen LogP contribution in [0.3, 0.4) is 0 Å². The molecule has 0 bridgehead atoms. The molecular formula is C12H13ClFNO. The highest BCUT2D eigenvalue weighted by atomic mass is 35.5. The minimum atomic E-state index is -0.377. The van der Waals surface area contributed by atoms with Gasteiger partial charge in [0, 0.05) is 17.5 Å². The number of carbonyl (C=O) groups is 1. The Hall–Kier alpha value is -0.930. The minimum absolute atomic E-state index is 0.0837. The molecule has 0 aromatic heterocycles. The second-order valence-electron chi connectivity index (χ2n) is 4.11. The molecule has 1 fully saturated rings. The molecule has 1 saturated carbocycles. The molecule has 1 N–H and O–H groups in total. The van der Waals surface area contributed by atoms with Gasteiger partial charge in [0.25, 0.3) is 0 Å². The van der Waals surface area contributed by atoms with E-state index in [-0.39, 0.29) is 18.0 Å². The summed E-state index contributed by atoms with van der Waals surface area (Å²) in [5.41, 5.74) is 0.686. The lowest BCUT2D eigenvalue weighted by Crippen LogP contribution is -2.26. The molecule has 0 unspecified atom stereocenters. The van der Waals surface area contributed by atoms with Gasteiger partial charge < -0.3 is 5.32 Å². The van der Waals surface area contributed by atoms with Gasteiger partial charge in [-0.15, -0.1) is 0 Å². The molecule has 4 heteroatoms. The van der Waals surface area contributed by atoms with Crippen LogP contribution in [0.1, 0.15) is 18.4 Å². The van der Waals surface area contributed by atoms with Gasteiger partial charge in [-0.25, -0.2) is 4.39 Å². The van der Waals surface area contributed by atoms with Gasteiger partial charge in [0.05, 0.1) is 6.54 Å². The lowest BCUT2D eigenvalue weighted by atomic mass is 10.1. The van der Waals surface area contributed by atoms with Crippen molar-refractivity contribution in [1.29, 1.82) is 0 Å². The minimum Gasteiger partial charge on any atom is -0.307 e. The molecule has 0 amide bonds. The average molecular weight is 242 g/mol. The van der Waals surface area contributed by atoms with Crippen molar-refractivity contribution < 1.29 is 9.18 Å². The van der Waals surface area contributed by atoms with E-state index in [1.54, 1.807) is 6.07 Å². The van der Waals surface area contributed by atoms with Crippen molar-refractivity contribution in [2.24, 2.45) is 0 Å². The summed E-state index contributed by atoms with van der Waals surface area (Å²) in [4.78, 5) is 11.6. The molecule has 0 radical (unpaired) electrons. The van der Waals surface area contributed by atoms with E-state index in [1.807, 2.05) is 0 Å². The molecule has 2 rings (SSSR count). The zero-order valence-corrected chi connectivity index (χ0v) is 9.56. The summed E-state index contributed by atoms with van der Waals surface area (Å²) in [6.07, 6.45) is 2.58. The van der Waals surface area contributed by atoms with Gasteiger partial charge in [-0.05, 0) is 30.5 Å². The summed E-state index contributed by atoms with van der Waals surface area (Å²) < 4.78 is 12.8. The first-order chi connectivity index (χ1) is 7.65. The van der Waals surface area contributed by atoms with E-state index >= 15 is 0 Å². The predicted molar refractivity (Wildman–Crippen MR) is 61.1 cm³/mol. The van der Waals surface area contributed by atoms with Gasteiger partial charge >= 0.3 is 0 Å². The molecule has 1 aliphatic rings. The van der Waals surface area contributed by atoms with Crippen molar-refractivity contribution in [2.75, 3.05) is 6.54 Å². The van der Waals surface area contributed by atoms with Gasteiger partial charge in [0.15, 0.2) is 5.78 Å². The van der Waals surface area contributed by atoms with Crippen LogP contribution >= 0.6 is 11.6 Å². The molecule has 1 aromatic carbocycles.